The van der Waals surface area contributed by atoms with E-state index in [2.05, 4.69) is 56.9 Å². The quantitative estimate of drug-likeness (QED) is 0.474. The van der Waals surface area contributed by atoms with Gasteiger partial charge in [0.25, 0.3) is 0 Å². The zero-order valence-corrected chi connectivity index (χ0v) is 15.4. The highest BCUT2D eigenvalue weighted by Gasteiger charge is 2.24. The van der Waals surface area contributed by atoms with Gasteiger partial charge in [-0.2, -0.15) is 0 Å². The zero-order valence-electron chi connectivity index (χ0n) is 15.4. The maximum absolute atomic E-state index is 5.30. The Morgan fingerprint density at radius 3 is 2.48 bits per heavy atom. The van der Waals surface area contributed by atoms with E-state index in [-0.39, 0.29) is 0 Å². The van der Waals surface area contributed by atoms with Crippen LogP contribution >= 0.6 is 0 Å². The second-order valence-electron chi connectivity index (χ2n) is 6.77. The predicted octanol–water partition coefficient (Wildman–Crippen LogP) is 2.72. The molecule has 0 saturated carbocycles. The molecule has 1 saturated heterocycles. The highest BCUT2D eigenvalue weighted by molar-refractivity contribution is 5.80. The van der Waals surface area contributed by atoms with Crippen molar-refractivity contribution in [3.05, 3.63) is 42.0 Å². The van der Waals surface area contributed by atoms with Crippen LogP contribution in [0.2, 0.25) is 0 Å². The molecule has 1 aromatic carbocycles. The lowest BCUT2D eigenvalue weighted by atomic mass is 10.1. The molecule has 0 aromatic heterocycles. The Morgan fingerprint density at radius 1 is 1.20 bits per heavy atom. The molecule has 0 radical (unpaired) electrons. The fourth-order valence-corrected chi connectivity index (χ4v) is 3.65. The highest BCUT2D eigenvalue weighted by atomic mass is 16.5. The predicted molar refractivity (Wildman–Crippen MR) is 103 cm³/mol. The number of aliphatic imine (C=N–C) groups is 1. The van der Waals surface area contributed by atoms with E-state index in [1.807, 2.05) is 7.05 Å². The van der Waals surface area contributed by atoms with Gasteiger partial charge in [0.2, 0.25) is 0 Å². The number of ether oxygens (including phenoxy) is 1. The molecule has 5 heteroatoms. The van der Waals surface area contributed by atoms with Crippen molar-refractivity contribution in [1.29, 1.82) is 0 Å². The molecule has 0 bridgehead atoms. The van der Waals surface area contributed by atoms with Crippen molar-refractivity contribution in [3.8, 4) is 5.75 Å². The molecule has 0 amide bonds. The minimum absolute atomic E-state index is 0.355. The van der Waals surface area contributed by atoms with Crippen LogP contribution in [0, 0.1) is 0 Å². The minimum Gasteiger partial charge on any atom is -0.497 e. The summed E-state index contributed by atoms with van der Waals surface area (Å²) in [6, 6.07) is 9.29. The van der Waals surface area contributed by atoms with Crippen LogP contribution in [-0.4, -0.2) is 50.7 Å². The second-order valence-corrected chi connectivity index (χ2v) is 6.77. The van der Waals surface area contributed by atoms with Gasteiger partial charge >= 0.3 is 0 Å². The summed E-state index contributed by atoms with van der Waals surface area (Å²) < 4.78 is 5.30. The van der Waals surface area contributed by atoms with E-state index in [9.17, 15) is 0 Å². The average Bonchev–Trinajstić information content (AvgIpc) is 3.35. The van der Waals surface area contributed by atoms with Gasteiger partial charge < -0.3 is 15.4 Å². The van der Waals surface area contributed by atoms with Crippen LogP contribution in [0.1, 0.15) is 37.3 Å². The van der Waals surface area contributed by atoms with Crippen molar-refractivity contribution in [2.45, 2.75) is 37.8 Å². The smallest absolute Gasteiger partial charge is 0.191 e. The molecule has 1 aromatic rings. The summed E-state index contributed by atoms with van der Waals surface area (Å²) >= 11 is 0. The van der Waals surface area contributed by atoms with Gasteiger partial charge in [-0.05, 0) is 56.5 Å². The third kappa shape index (κ3) is 4.75. The maximum Gasteiger partial charge on any atom is 0.191 e. The first-order valence-electron chi connectivity index (χ1n) is 9.30. The number of benzene rings is 1. The van der Waals surface area contributed by atoms with Crippen LogP contribution in [-0.2, 0) is 0 Å². The molecule has 1 aliphatic heterocycles. The van der Waals surface area contributed by atoms with Gasteiger partial charge in [0.1, 0.15) is 5.75 Å². The largest absolute Gasteiger partial charge is 0.497 e. The summed E-state index contributed by atoms with van der Waals surface area (Å²) in [5.41, 5.74) is 1.33. The SMILES string of the molecule is CN=C(NCC(c1ccc(OC)cc1)N1CCCC1)NC1CC=CC1. The molecule has 2 N–H and O–H groups in total. The molecule has 1 heterocycles. The number of rotatable bonds is 6. The van der Waals surface area contributed by atoms with Crippen molar-refractivity contribution < 1.29 is 4.74 Å². The summed E-state index contributed by atoms with van der Waals surface area (Å²) in [5, 5.41) is 7.06. The molecular formula is C20H30N4O. The Hall–Kier alpha value is -2.01. The Bertz CT molecular complexity index is 582. The fourth-order valence-electron chi connectivity index (χ4n) is 3.65. The van der Waals surface area contributed by atoms with Crippen molar-refractivity contribution in [1.82, 2.24) is 15.5 Å². The van der Waals surface area contributed by atoms with Gasteiger partial charge in [0, 0.05) is 19.6 Å². The maximum atomic E-state index is 5.30. The molecule has 2 aliphatic rings. The first-order valence-corrected chi connectivity index (χ1v) is 9.30. The van der Waals surface area contributed by atoms with Crippen molar-refractivity contribution >= 4 is 5.96 Å². The number of methoxy groups -OCH3 is 1. The number of nitrogens with zero attached hydrogens (tertiary/aromatic N) is 2. The third-order valence-corrected chi connectivity index (χ3v) is 5.12. The standard InChI is InChI=1S/C20H30N4O/c1-21-20(23-17-7-3-4-8-17)22-15-19(24-13-5-6-14-24)16-9-11-18(25-2)12-10-16/h3-4,9-12,17,19H,5-8,13-15H2,1-2H3,(H2,21,22,23). The molecule has 25 heavy (non-hydrogen) atoms. The lowest BCUT2D eigenvalue weighted by molar-refractivity contribution is 0.245. The van der Waals surface area contributed by atoms with Gasteiger partial charge in [-0.25, -0.2) is 0 Å². The van der Waals surface area contributed by atoms with E-state index in [4.69, 9.17) is 4.74 Å². The number of guanidine groups is 1. The summed E-state index contributed by atoms with van der Waals surface area (Å²) in [7, 11) is 3.55. The van der Waals surface area contributed by atoms with Crippen LogP contribution in [0.15, 0.2) is 41.4 Å². The van der Waals surface area contributed by atoms with Gasteiger partial charge in [-0.15, -0.1) is 0 Å². The van der Waals surface area contributed by atoms with Crippen LogP contribution in [0.5, 0.6) is 5.75 Å². The Labute approximate surface area is 151 Å². The lowest BCUT2D eigenvalue weighted by Crippen LogP contribution is -2.45. The lowest BCUT2D eigenvalue weighted by Gasteiger charge is -2.29. The topological polar surface area (TPSA) is 48.9 Å². The molecule has 5 nitrogen and oxygen atoms in total. The molecule has 136 valence electrons. The first-order chi connectivity index (χ1) is 12.3. The Morgan fingerprint density at radius 2 is 1.88 bits per heavy atom. The summed E-state index contributed by atoms with van der Waals surface area (Å²) in [4.78, 5) is 6.97. The number of hydrogen-bond acceptors (Lipinski definition) is 3. The monoisotopic (exact) mass is 342 g/mol. The molecule has 0 spiro atoms. The van der Waals surface area contributed by atoms with E-state index in [1.54, 1.807) is 7.11 Å². The number of hydrogen-bond donors (Lipinski definition) is 2. The number of nitrogens with one attached hydrogen (secondary N) is 2. The first kappa shape index (κ1) is 17.8. The molecule has 1 aliphatic carbocycles. The van der Waals surface area contributed by atoms with E-state index < -0.39 is 0 Å². The van der Waals surface area contributed by atoms with Gasteiger partial charge in [0.15, 0.2) is 5.96 Å². The minimum atomic E-state index is 0.355. The molecule has 1 unspecified atom stereocenters. The van der Waals surface area contributed by atoms with E-state index in [1.165, 1.54) is 18.4 Å². The fraction of sp³-hybridized carbons (Fsp3) is 0.550. The third-order valence-electron chi connectivity index (χ3n) is 5.12. The molecular weight excluding hydrogens is 312 g/mol. The van der Waals surface area contributed by atoms with Crippen LogP contribution in [0.3, 0.4) is 0 Å². The summed E-state index contributed by atoms with van der Waals surface area (Å²) in [5.74, 6) is 1.80. The van der Waals surface area contributed by atoms with Crippen LogP contribution < -0.4 is 15.4 Å². The normalized spacial score (nSPS) is 20.0. The summed E-state index contributed by atoms with van der Waals surface area (Å²) in [6.07, 6.45) is 9.19. The Balaban J connectivity index is 1.64. The van der Waals surface area contributed by atoms with Crippen molar-refractivity contribution in [2.75, 3.05) is 33.8 Å². The molecule has 1 fully saturated rings. The van der Waals surface area contributed by atoms with Crippen molar-refractivity contribution in [2.24, 2.45) is 4.99 Å². The average molecular weight is 342 g/mol. The molecule has 3 rings (SSSR count). The molecule has 1 atom stereocenters. The van der Waals surface area contributed by atoms with Crippen LogP contribution in [0.25, 0.3) is 0 Å². The second kappa shape index (κ2) is 8.90. The van der Waals surface area contributed by atoms with Gasteiger partial charge in [0.05, 0.1) is 13.2 Å². The van der Waals surface area contributed by atoms with Crippen LogP contribution in [0.4, 0.5) is 0 Å². The number of likely N-dealkylation sites (tertiary alicyclic amines) is 1. The zero-order chi connectivity index (χ0) is 17.5. The van der Waals surface area contributed by atoms with E-state index in [0.717, 1.165) is 44.2 Å². The van der Waals surface area contributed by atoms with Gasteiger partial charge in [-0.1, -0.05) is 24.3 Å². The van der Waals surface area contributed by atoms with Gasteiger partial charge in [-0.3, -0.25) is 9.89 Å². The highest BCUT2D eigenvalue weighted by Crippen LogP contribution is 2.26. The Kier molecular flexibility index (Phi) is 6.34. The van der Waals surface area contributed by atoms with E-state index >= 15 is 0 Å². The van der Waals surface area contributed by atoms with Crippen molar-refractivity contribution in [3.63, 3.8) is 0 Å². The summed E-state index contributed by atoms with van der Waals surface area (Å²) in [6.45, 7) is 3.18. The van der Waals surface area contributed by atoms with E-state index in [0.29, 0.717) is 12.1 Å².